The first-order chi connectivity index (χ1) is 19.5. The molecule has 1 N–H and O–H groups in total. The SMILES string of the molecule is COc1ccc(C2C(C(=O)OCc3ccccc3)=C(C)N=C3SC=C(CC(=O)NCC4CCCO4)N32)c(OC)c1. The average Bonchev–Trinajstić information content (AvgIpc) is 3.64. The van der Waals surface area contributed by atoms with E-state index in [9.17, 15) is 9.59 Å². The number of amidine groups is 1. The largest absolute Gasteiger partial charge is 0.497 e. The van der Waals surface area contributed by atoms with Crippen molar-refractivity contribution in [1.82, 2.24) is 10.2 Å². The van der Waals surface area contributed by atoms with Crippen LogP contribution in [0.1, 0.15) is 43.4 Å². The van der Waals surface area contributed by atoms with Gasteiger partial charge in [0.2, 0.25) is 5.91 Å². The predicted molar refractivity (Wildman–Crippen MR) is 153 cm³/mol. The smallest absolute Gasteiger partial charge is 0.338 e. The number of carbonyl (C=O) groups excluding carboxylic acids is 2. The van der Waals surface area contributed by atoms with Gasteiger partial charge in [-0.25, -0.2) is 9.79 Å². The zero-order chi connectivity index (χ0) is 28.1. The number of benzene rings is 2. The lowest BCUT2D eigenvalue weighted by molar-refractivity contribution is -0.141. The molecule has 3 aliphatic heterocycles. The number of hydrogen-bond donors (Lipinski definition) is 1. The molecule has 3 aliphatic rings. The molecule has 1 saturated heterocycles. The molecule has 0 saturated carbocycles. The summed E-state index contributed by atoms with van der Waals surface area (Å²) in [7, 11) is 3.16. The zero-order valence-corrected chi connectivity index (χ0v) is 23.7. The van der Waals surface area contributed by atoms with Crippen molar-refractivity contribution in [3.05, 3.63) is 82.0 Å². The van der Waals surface area contributed by atoms with Crippen LogP contribution in [0.5, 0.6) is 11.5 Å². The number of allylic oxidation sites excluding steroid dienone is 1. The molecule has 3 heterocycles. The molecule has 2 atom stereocenters. The number of esters is 1. The highest BCUT2D eigenvalue weighted by atomic mass is 32.2. The molecule has 1 fully saturated rings. The molecule has 2 unspecified atom stereocenters. The molecular formula is C30H33N3O6S. The topological polar surface area (TPSA) is 98.7 Å². The van der Waals surface area contributed by atoms with Crippen LogP contribution in [0.2, 0.25) is 0 Å². The molecule has 2 aromatic carbocycles. The fraction of sp³-hybridized carbons (Fsp3) is 0.367. The van der Waals surface area contributed by atoms with Crippen LogP contribution in [0.3, 0.4) is 0 Å². The molecule has 2 aromatic rings. The van der Waals surface area contributed by atoms with Crippen molar-refractivity contribution >= 4 is 28.8 Å². The molecule has 0 aliphatic carbocycles. The summed E-state index contributed by atoms with van der Waals surface area (Å²) in [5.41, 5.74) is 3.29. The minimum absolute atomic E-state index is 0.0517. The second kappa shape index (κ2) is 12.6. The number of methoxy groups -OCH3 is 2. The van der Waals surface area contributed by atoms with E-state index in [4.69, 9.17) is 23.9 Å². The van der Waals surface area contributed by atoms with Crippen LogP contribution in [-0.4, -0.2) is 55.4 Å². The van der Waals surface area contributed by atoms with Gasteiger partial charge >= 0.3 is 5.97 Å². The third-order valence-corrected chi connectivity index (χ3v) is 7.95. The molecule has 5 rings (SSSR count). The number of amides is 1. The summed E-state index contributed by atoms with van der Waals surface area (Å²) in [6.07, 6.45) is 2.13. The summed E-state index contributed by atoms with van der Waals surface area (Å²) in [6, 6.07) is 14.4. The van der Waals surface area contributed by atoms with E-state index in [0.29, 0.717) is 34.5 Å². The minimum atomic E-state index is -0.621. The Kier molecular flexibility index (Phi) is 8.76. The van der Waals surface area contributed by atoms with Gasteiger partial charge in [0.25, 0.3) is 0 Å². The number of rotatable bonds is 10. The van der Waals surface area contributed by atoms with Crippen LogP contribution in [0.4, 0.5) is 0 Å². The lowest BCUT2D eigenvalue weighted by atomic mass is 9.93. The molecule has 9 nitrogen and oxygen atoms in total. The van der Waals surface area contributed by atoms with Crippen LogP contribution in [-0.2, 0) is 25.7 Å². The summed E-state index contributed by atoms with van der Waals surface area (Å²) < 4.78 is 22.6. The second-order valence-corrected chi connectivity index (χ2v) is 10.5. The number of nitrogens with zero attached hydrogens (tertiary/aromatic N) is 2. The average molecular weight is 564 g/mol. The van der Waals surface area contributed by atoms with Gasteiger partial charge in [0.1, 0.15) is 18.1 Å². The van der Waals surface area contributed by atoms with E-state index in [-0.39, 0.29) is 25.0 Å². The number of hydrogen-bond acceptors (Lipinski definition) is 9. The maximum Gasteiger partial charge on any atom is 0.338 e. The number of fused-ring (bicyclic) bond motifs is 1. The molecule has 0 radical (unpaired) electrons. The van der Waals surface area contributed by atoms with Crippen molar-refractivity contribution in [3.63, 3.8) is 0 Å². The first-order valence-electron chi connectivity index (χ1n) is 13.2. The summed E-state index contributed by atoms with van der Waals surface area (Å²) in [5, 5.41) is 5.59. The number of carbonyl (C=O) groups is 2. The van der Waals surface area contributed by atoms with Crippen LogP contribution in [0.25, 0.3) is 0 Å². The Morgan fingerprint density at radius 2 is 1.98 bits per heavy atom. The van der Waals surface area contributed by atoms with E-state index in [1.165, 1.54) is 11.8 Å². The standard InChI is InChI=1S/C30H33N3O6S/c1-19-27(29(35)39-17-20-8-5-4-6-9-20)28(24-12-11-22(36-2)15-25(24)37-3)33-21(18-40-30(33)32-19)14-26(34)31-16-23-10-7-13-38-23/h4-6,8-9,11-12,15,18,23,28H,7,10,13-14,16-17H2,1-3H3,(H,31,34). The number of nitrogens with one attached hydrogen (secondary N) is 1. The van der Waals surface area contributed by atoms with E-state index < -0.39 is 12.0 Å². The molecule has 0 bridgehead atoms. The Bertz CT molecular complexity index is 1350. The van der Waals surface area contributed by atoms with E-state index in [1.807, 2.05) is 52.8 Å². The highest BCUT2D eigenvalue weighted by Crippen LogP contribution is 2.47. The number of aliphatic imine (C=N–C) groups is 1. The van der Waals surface area contributed by atoms with Gasteiger partial charge in [0.05, 0.1) is 44.1 Å². The first-order valence-corrected chi connectivity index (χ1v) is 14.1. The summed E-state index contributed by atoms with van der Waals surface area (Å²) in [5.74, 6) is 0.569. The van der Waals surface area contributed by atoms with E-state index in [0.717, 1.165) is 36.3 Å². The highest BCUT2D eigenvalue weighted by Gasteiger charge is 2.42. The van der Waals surface area contributed by atoms with Crippen molar-refractivity contribution < 1.29 is 28.5 Å². The van der Waals surface area contributed by atoms with Gasteiger partial charge in [0.15, 0.2) is 5.17 Å². The minimum Gasteiger partial charge on any atom is -0.497 e. The van der Waals surface area contributed by atoms with Gasteiger partial charge in [-0.15, -0.1) is 0 Å². The van der Waals surface area contributed by atoms with Gasteiger partial charge in [-0.2, -0.15) is 0 Å². The Morgan fingerprint density at radius 1 is 1.15 bits per heavy atom. The maximum atomic E-state index is 13.7. The molecule has 0 spiro atoms. The van der Waals surface area contributed by atoms with Gasteiger partial charge in [-0.05, 0) is 42.9 Å². The Hall–Kier alpha value is -3.76. The third kappa shape index (κ3) is 6.03. The van der Waals surface area contributed by atoms with Gasteiger partial charge in [-0.3, -0.25) is 4.79 Å². The van der Waals surface area contributed by atoms with Crippen LogP contribution in [0.15, 0.2) is 75.9 Å². The quantitative estimate of drug-likeness (QED) is 0.415. The third-order valence-electron chi connectivity index (χ3n) is 7.06. The van der Waals surface area contributed by atoms with Crippen molar-refractivity contribution in [1.29, 1.82) is 0 Å². The van der Waals surface area contributed by atoms with E-state index in [1.54, 1.807) is 27.2 Å². The van der Waals surface area contributed by atoms with Crippen molar-refractivity contribution in [3.8, 4) is 11.5 Å². The zero-order valence-electron chi connectivity index (χ0n) is 22.8. The predicted octanol–water partition coefficient (Wildman–Crippen LogP) is 4.71. The molecule has 0 aromatic heterocycles. The van der Waals surface area contributed by atoms with Crippen molar-refractivity contribution in [2.45, 2.75) is 44.9 Å². The van der Waals surface area contributed by atoms with Gasteiger partial charge < -0.3 is 29.2 Å². The lowest BCUT2D eigenvalue weighted by Crippen LogP contribution is -2.39. The normalized spacial score (nSPS) is 20.0. The molecule has 40 heavy (non-hydrogen) atoms. The van der Waals surface area contributed by atoms with E-state index >= 15 is 0 Å². The molecular weight excluding hydrogens is 530 g/mol. The fourth-order valence-electron chi connectivity index (χ4n) is 5.03. The maximum absolute atomic E-state index is 13.7. The van der Waals surface area contributed by atoms with Gasteiger partial charge in [0, 0.05) is 30.5 Å². The van der Waals surface area contributed by atoms with Crippen LogP contribution in [0, 0.1) is 0 Å². The fourth-order valence-corrected chi connectivity index (χ4v) is 5.99. The Balaban J connectivity index is 1.45. The van der Waals surface area contributed by atoms with Crippen molar-refractivity contribution in [2.24, 2.45) is 4.99 Å². The molecule has 10 heteroatoms. The van der Waals surface area contributed by atoms with Gasteiger partial charge in [-0.1, -0.05) is 42.1 Å². The monoisotopic (exact) mass is 563 g/mol. The first kappa shape index (κ1) is 27.8. The summed E-state index contributed by atoms with van der Waals surface area (Å²) in [6.45, 7) is 3.14. The summed E-state index contributed by atoms with van der Waals surface area (Å²) in [4.78, 5) is 33.4. The Morgan fingerprint density at radius 3 is 2.70 bits per heavy atom. The second-order valence-electron chi connectivity index (χ2n) is 9.68. The summed E-state index contributed by atoms with van der Waals surface area (Å²) >= 11 is 1.42. The number of thioether (sulfide) groups is 1. The molecule has 210 valence electrons. The van der Waals surface area contributed by atoms with Crippen molar-refractivity contribution in [2.75, 3.05) is 27.4 Å². The van der Waals surface area contributed by atoms with Crippen LogP contribution < -0.4 is 14.8 Å². The Labute approximate surface area is 238 Å². The number of ether oxygens (including phenoxy) is 4. The van der Waals surface area contributed by atoms with Crippen LogP contribution >= 0.6 is 11.8 Å². The highest BCUT2D eigenvalue weighted by molar-refractivity contribution is 8.16. The molecule has 1 amide bonds. The van der Waals surface area contributed by atoms with E-state index in [2.05, 4.69) is 5.32 Å². The lowest BCUT2D eigenvalue weighted by Gasteiger charge is -2.36.